The fraction of sp³-hybridized carbons (Fsp3) is 0.421. The number of likely N-dealkylation sites (N-methyl/N-ethyl adjacent to an activating group) is 1. The molecule has 2 aromatic rings. The lowest BCUT2D eigenvalue weighted by Gasteiger charge is -2.38. The third-order valence-electron chi connectivity index (χ3n) is 4.53. The van der Waals surface area contributed by atoms with E-state index in [0.717, 1.165) is 11.3 Å². The number of pyridine rings is 2. The van der Waals surface area contributed by atoms with E-state index in [0.29, 0.717) is 25.9 Å². The zero-order valence-electron chi connectivity index (χ0n) is 14.4. The van der Waals surface area contributed by atoms with Crippen LogP contribution in [0.1, 0.15) is 30.1 Å². The topological polar surface area (TPSA) is 78.4 Å². The quantitative estimate of drug-likeness (QED) is 0.799. The van der Waals surface area contributed by atoms with Gasteiger partial charge in [0.15, 0.2) is 0 Å². The first-order chi connectivity index (χ1) is 12.1. The van der Waals surface area contributed by atoms with E-state index in [4.69, 9.17) is 0 Å². The number of nitrogens with one attached hydrogen (secondary N) is 1. The van der Waals surface area contributed by atoms with Crippen molar-refractivity contribution in [3.63, 3.8) is 0 Å². The number of amides is 1. The minimum atomic E-state index is -0.263. The van der Waals surface area contributed by atoms with Crippen LogP contribution < -0.4 is 5.32 Å². The Morgan fingerprint density at radius 1 is 1.32 bits per heavy atom. The number of rotatable bonds is 7. The summed E-state index contributed by atoms with van der Waals surface area (Å²) in [5.41, 5.74) is 1.92. The van der Waals surface area contributed by atoms with Crippen molar-refractivity contribution >= 4 is 5.91 Å². The van der Waals surface area contributed by atoms with Gasteiger partial charge in [0.25, 0.3) is 0 Å². The Balaban J connectivity index is 1.58. The van der Waals surface area contributed by atoms with Crippen molar-refractivity contribution < 1.29 is 9.90 Å². The lowest BCUT2D eigenvalue weighted by Crippen LogP contribution is -2.44. The maximum Gasteiger partial charge on any atom is 0.234 e. The molecule has 6 heteroatoms. The number of hydrogen-bond donors (Lipinski definition) is 2. The molecule has 3 rings (SSSR count). The van der Waals surface area contributed by atoms with Crippen molar-refractivity contribution in [3.8, 4) is 0 Å². The van der Waals surface area contributed by atoms with Gasteiger partial charge in [-0.05, 0) is 49.6 Å². The molecule has 6 nitrogen and oxygen atoms in total. The molecule has 0 unspecified atom stereocenters. The smallest absolute Gasteiger partial charge is 0.234 e. The third kappa shape index (κ3) is 4.84. The van der Waals surface area contributed by atoms with E-state index in [1.807, 2.05) is 42.3 Å². The molecule has 1 saturated carbocycles. The summed E-state index contributed by atoms with van der Waals surface area (Å²) in [6, 6.07) is 9.44. The van der Waals surface area contributed by atoms with Crippen molar-refractivity contribution in [1.29, 1.82) is 0 Å². The van der Waals surface area contributed by atoms with E-state index in [1.165, 1.54) is 0 Å². The Morgan fingerprint density at radius 3 is 2.80 bits per heavy atom. The van der Waals surface area contributed by atoms with Crippen LogP contribution in [0.3, 0.4) is 0 Å². The minimum absolute atomic E-state index is 0.0385. The second kappa shape index (κ2) is 8.18. The molecule has 25 heavy (non-hydrogen) atoms. The van der Waals surface area contributed by atoms with E-state index < -0.39 is 0 Å². The van der Waals surface area contributed by atoms with E-state index in [9.17, 15) is 9.90 Å². The molecule has 1 aliphatic rings. The van der Waals surface area contributed by atoms with Gasteiger partial charge in [-0.15, -0.1) is 0 Å². The minimum Gasteiger partial charge on any atom is -0.393 e. The maximum atomic E-state index is 12.5. The van der Waals surface area contributed by atoms with Crippen LogP contribution in [-0.2, 0) is 11.3 Å². The zero-order valence-corrected chi connectivity index (χ0v) is 14.4. The first-order valence-electron chi connectivity index (χ1n) is 8.57. The normalized spacial score (nSPS) is 20.8. The van der Waals surface area contributed by atoms with Crippen LogP contribution in [0.15, 0.2) is 48.9 Å². The third-order valence-corrected chi connectivity index (χ3v) is 4.53. The standard InChI is InChI=1S/C19H24N4O2/c1-23(12-14-5-4-7-20-11-14)13-18(25)22-19(15-9-16(24)10-15)17-6-2-3-8-21-17/h2-8,11,15-16,19,24H,9-10,12-13H2,1H3,(H,22,25)/t15?,16?,19-/m0/s1. The summed E-state index contributed by atoms with van der Waals surface area (Å²) in [5.74, 6) is 0.195. The lowest BCUT2D eigenvalue weighted by molar-refractivity contribution is -0.124. The average molecular weight is 340 g/mol. The molecule has 0 aliphatic heterocycles. The molecule has 1 fully saturated rings. The first-order valence-corrected chi connectivity index (χ1v) is 8.57. The van der Waals surface area contributed by atoms with E-state index in [-0.39, 0.29) is 24.0 Å². The van der Waals surface area contributed by atoms with Crippen molar-refractivity contribution in [2.45, 2.75) is 31.5 Å². The van der Waals surface area contributed by atoms with Crippen LogP contribution in [0.4, 0.5) is 0 Å². The fourth-order valence-corrected chi connectivity index (χ4v) is 3.22. The Kier molecular flexibility index (Phi) is 5.73. The first kappa shape index (κ1) is 17.5. The molecular weight excluding hydrogens is 316 g/mol. The maximum absolute atomic E-state index is 12.5. The number of aliphatic hydroxyl groups is 1. The average Bonchev–Trinajstić information content (AvgIpc) is 2.59. The number of carbonyl (C=O) groups excluding carboxylic acids is 1. The highest BCUT2D eigenvalue weighted by molar-refractivity contribution is 5.78. The van der Waals surface area contributed by atoms with Crippen molar-refractivity contribution in [2.24, 2.45) is 5.92 Å². The van der Waals surface area contributed by atoms with Gasteiger partial charge in [0.2, 0.25) is 5.91 Å². The fourth-order valence-electron chi connectivity index (χ4n) is 3.22. The predicted molar refractivity (Wildman–Crippen MR) is 94.4 cm³/mol. The van der Waals surface area contributed by atoms with E-state index in [1.54, 1.807) is 18.6 Å². The Bertz CT molecular complexity index is 674. The lowest BCUT2D eigenvalue weighted by atomic mass is 9.76. The van der Waals surface area contributed by atoms with Crippen molar-refractivity contribution in [2.75, 3.05) is 13.6 Å². The van der Waals surface area contributed by atoms with Crippen LogP contribution in [0, 0.1) is 5.92 Å². The zero-order chi connectivity index (χ0) is 17.6. The molecule has 2 N–H and O–H groups in total. The summed E-state index contributed by atoms with van der Waals surface area (Å²) in [5, 5.41) is 12.7. The highest BCUT2D eigenvalue weighted by Crippen LogP contribution is 2.37. The predicted octanol–water partition coefficient (Wildman–Crippen LogP) is 1.54. The highest BCUT2D eigenvalue weighted by Gasteiger charge is 2.36. The van der Waals surface area contributed by atoms with Gasteiger partial charge in [-0.1, -0.05) is 12.1 Å². The largest absolute Gasteiger partial charge is 0.393 e. The van der Waals surface area contributed by atoms with Gasteiger partial charge in [0.05, 0.1) is 24.4 Å². The number of carbonyl (C=O) groups is 1. The van der Waals surface area contributed by atoms with Gasteiger partial charge in [-0.2, -0.15) is 0 Å². The number of hydrogen-bond acceptors (Lipinski definition) is 5. The second-order valence-electron chi connectivity index (χ2n) is 6.72. The van der Waals surface area contributed by atoms with Crippen LogP contribution in [-0.4, -0.2) is 45.6 Å². The monoisotopic (exact) mass is 340 g/mol. The van der Waals surface area contributed by atoms with Crippen molar-refractivity contribution in [3.05, 3.63) is 60.2 Å². The molecule has 0 spiro atoms. The van der Waals surface area contributed by atoms with Crippen molar-refractivity contribution in [1.82, 2.24) is 20.2 Å². The van der Waals surface area contributed by atoms with Crippen LogP contribution >= 0.6 is 0 Å². The van der Waals surface area contributed by atoms with Crippen LogP contribution in [0.2, 0.25) is 0 Å². The van der Waals surface area contributed by atoms with Gasteiger partial charge >= 0.3 is 0 Å². The SMILES string of the molecule is CN(CC(=O)N[C@H](c1ccccn1)C1CC(O)C1)Cc1cccnc1. The molecule has 0 bridgehead atoms. The van der Waals surface area contributed by atoms with Gasteiger partial charge in [0.1, 0.15) is 0 Å². The summed E-state index contributed by atoms with van der Waals surface area (Å²) in [7, 11) is 1.91. The Labute approximate surface area is 147 Å². The molecule has 1 amide bonds. The molecule has 0 aromatic carbocycles. The molecule has 0 saturated heterocycles. The molecule has 1 atom stereocenters. The Morgan fingerprint density at radius 2 is 2.16 bits per heavy atom. The summed E-state index contributed by atoms with van der Waals surface area (Å²) < 4.78 is 0. The number of aliphatic hydroxyl groups excluding tert-OH is 1. The van der Waals surface area contributed by atoms with Gasteiger partial charge < -0.3 is 10.4 Å². The van der Waals surface area contributed by atoms with Crippen LogP contribution in [0.5, 0.6) is 0 Å². The summed E-state index contributed by atoms with van der Waals surface area (Å²) in [6.45, 7) is 0.963. The van der Waals surface area contributed by atoms with Gasteiger partial charge in [-0.3, -0.25) is 19.7 Å². The number of aromatic nitrogens is 2. The summed E-state index contributed by atoms with van der Waals surface area (Å²) in [6.07, 6.45) is 6.42. The Hall–Kier alpha value is -2.31. The van der Waals surface area contributed by atoms with Gasteiger partial charge in [0, 0.05) is 25.1 Å². The molecule has 2 heterocycles. The molecule has 1 aliphatic carbocycles. The molecular formula is C19H24N4O2. The molecule has 132 valence electrons. The molecule has 2 aromatic heterocycles. The second-order valence-corrected chi connectivity index (χ2v) is 6.72. The molecule has 0 radical (unpaired) electrons. The van der Waals surface area contributed by atoms with Crippen LogP contribution in [0.25, 0.3) is 0 Å². The number of nitrogens with zero attached hydrogens (tertiary/aromatic N) is 3. The van der Waals surface area contributed by atoms with E-state index >= 15 is 0 Å². The summed E-state index contributed by atoms with van der Waals surface area (Å²) >= 11 is 0. The van der Waals surface area contributed by atoms with Gasteiger partial charge in [-0.25, -0.2) is 0 Å². The highest BCUT2D eigenvalue weighted by atomic mass is 16.3. The summed E-state index contributed by atoms with van der Waals surface area (Å²) in [4.78, 5) is 22.9. The van der Waals surface area contributed by atoms with E-state index in [2.05, 4.69) is 15.3 Å².